The van der Waals surface area contributed by atoms with Gasteiger partial charge in [0, 0.05) is 22.8 Å². The Morgan fingerprint density at radius 3 is 2.68 bits per heavy atom. The predicted molar refractivity (Wildman–Crippen MR) is 162 cm³/mol. The number of nitrogens with zero attached hydrogens (tertiary/aromatic N) is 4. The van der Waals surface area contributed by atoms with Gasteiger partial charge in [0.05, 0.1) is 24.6 Å². The summed E-state index contributed by atoms with van der Waals surface area (Å²) in [7, 11) is 0. The van der Waals surface area contributed by atoms with Gasteiger partial charge in [-0.3, -0.25) is 14.2 Å². The normalized spacial score (nSPS) is 12.6. The summed E-state index contributed by atoms with van der Waals surface area (Å²) in [6.07, 6.45) is 3.95. The summed E-state index contributed by atoms with van der Waals surface area (Å²) in [6.45, 7) is 3.60. The Bertz CT molecular complexity index is 1510. The van der Waals surface area contributed by atoms with Crippen molar-refractivity contribution < 1.29 is 14.3 Å². The molecule has 0 fully saturated rings. The van der Waals surface area contributed by atoms with Crippen LogP contribution in [0.25, 0.3) is 5.69 Å². The number of ether oxygens (including phenoxy) is 1. The van der Waals surface area contributed by atoms with E-state index in [4.69, 9.17) is 16.3 Å². The van der Waals surface area contributed by atoms with E-state index in [9.17, 15) is 9.59 Å². The number of hydrogen-bond donors (Lipinski definition) is 1. The SMILES string of the molecule is CCCCOc1ccc(C(=O)NCc2nnc(SCC(=O)N3CCCc4ccccc43)n2-c2cccc(Cl)c2)cc1. The molecule has 0 aliphatic carbocycles. The van der Waals surface area contributed by atoms with Crippen molar-refractivity contribution in [3.8, 4) is 11.4 Å². The van der Waals surface area contributed by atoms with Crippen LogP contribution in [0.4, 0.5) is 5.69 Å². The number of anilines is 1. The van der Waals surface area contributed by atoms with Crippen LogP contribution >= 0.6 is 23.4 Å². The van der Waals surface area contributed by atoms with Gasteiger partial charge in [-0.25, -0.2) is 0 Å². The minimum Gasteiger partial charge on any atom is -0.494 e. The van der Waals surface area contributed by atoms with Crippen LogP contribution in [0.1, 0.15) is 47.9 Å². The van der Waals surface area contributed by atoms with Crippen molar-refractivity contribution in [1.29, 1.82) is 0 Å². The van der Waals surface area contributed by atoms with Crippen molar-refractivity contribution in [2.75, 3.05) is 23.8 Å². The summed E-state index contributed by atoms with van der Waals surface area (Å²) in [5.41, 5.74) is 3.43. The number of thioether (sulfide) groups is 1. The summed E-state index contributed by atoms with van der Waals surface area (Å²) >= 11 is 7.62. The lowest BCUT2D eigenvalue weighted by Crippen LogP contribution is -2.36. The first kappa shape index (κ1) is 28.7. The Morgan fingerprint density at radius 2 is 1.88 bits per heavy atom. The molecule has 5 rings (SSSR count). The van der Waals surface area contributed by atoms with E-state index < -0.39 is 0 Å². The van der Waals surface area contributed by atoms with Crippen LogP contribution in [-0.4, -0.2) is 45.5 Å². The molecule has 1 N–H and O–H groups in total. The van der Waals surface area contributed by atoms with E-state index in [0.717, 1.165) is 42.8 Å². The highest BCUT2D eigenvalue weighted by atomic mass is 35.5. The molecular weight excluding hydrogens is 558 g/mol. The zero-order valence-electron chi connectivity index (χ0n) is 22.9. The second kappa shape index (κ2) is 13.7. The Balaban J connectivity index is 1.29. The average Bonchev–Trinajstić information content (AvgIpc) is 3.41. The molecule has 0 saturated carbocycles. The van der Waals surface area contributed by atoms with E-state index in [1.165, 1.54) is 17.3 Å². The van der Waals surface area contributed by atoms with E-state index >= 15 is 0 Å². The van der Waals surface area contributed by atoms with Crippen LogP contribution in [0.5, 0.6) is 5.75 Å². The number of unbranched alkanes of at least 4 members (excludes halogenated alkanes) is 1. The minimum absolute atomic E-state index is 0.0137. The van der Waals surface area contributed by atoms with Gasteiger partial charge in [-0.05, 0) is 73.4 Å². The number of nitrogens with one attached hydrogen (secondary N) is 1. The number of aryl methyl sites for hydroxylation is 1. The Hall–Kier alpha value is -3.82. The molecule has 1 aliphatic rings. The minimum atomic E-state index is -0.237. The lowest BCUT2D eigenvalue weighted by molar-refractivity contribution is -0.116. The van der Waals surface area contributed by atoms with Gasteiger partial charge in [0.2, 0.25) is 5.91 Å². The fourth-order valence-electron chi connectivity index (χ4n) is 4.68. The maximum atomic E-state index is 13.3. The lowest BCUT2D eigenvalue weighted by Gasteiger charge is -2.29. The number of hydrogen-bond acceptors (Lipinski definition) is 6. The van der Waals surface area contributed by atoms with Gasteiger partial charge < -0.3 is 15.0 Å². The summed E-state index contributed by atoms with van der Waals surface area (Å²) in [5.74, 6) is 1.24. The molecule has 212 valence electrons. The molecule has 0 saturated heterocycles. The van der Waals surface area contributed by atoms with Gasteiger partial charge in [-0.2, -0.15) is 0 Å². The molecule has 8 nitrogen and oxygen atoms in total. The summed E-state index contributed by atoms with van der Waals surface area (Å²) < 4.78 is 7.52. The molecule has 0 atom stereocenters. The van der Waals surface area contributed by atoms with Crippen LogP contribution in [-0.2, 0) is 17.8 Å². The largest absolute Gasteiger partial charge is 0.494 e. The fourth-order valence-corrected chi connectivity index (χ4v) is 5.71. The predicted octanol–water partition coefficient (Wildman–Crippen LogP) is 6.10. The molecule has 2 heterocycles. The van der Waals surface area contributed by atoms with Gasteiger partial charge in [-0.15, -0.1) is 10.2 Å². The standard InChI is InChI=1S/C31H32ClN5O3S/c1-2-3-18-40-26-15-13-23(14-16-26)30(39)33-20-28-34-35-31(37(28)25-11-6-10-24(32)19-25)41-21-29(38)36-17-7-9-22-8-4-5-12-27(22)36/h4-6,8,10-16,19H,2-3,7,9,17-18,20-21H2,1H3,(H,33,39). The number of aromatic nitrogens is 3. The summed E-state index contributed by atoms with van der Waals surface area (Å²) in [5, 5.41) is 12.8. The zero-order valence-corrected chi connectivity index (χ0v) is 24.5. The second-order valence-corrected chi connectivity index (χ2v) is 11.1. The number of rotatable bonds is 11. The van der Waals surface area contributed by atoms with E-state index in [2.05, 4.69) is 28.5 Å². The second-order valence-electron chi connectivity index (χ2n) is 9.69. The number of halogens is 1. The molecule has 3 aromatic carbocycles. The summed E-state index contributed by atoms with van der Waals surface area (Å²) in [6, 6.07) is 22.4. The van der Waals surface area contributed by atoms with Gasteiger partial charge >= 0.3 is 0 Å². The van der Waals surface area contributed by atoms with E-state index in [1.54, 1.807) is 36.4 Å². The van der Waals surface area contributed by atoms with Crippen molar-refractivity contribution in [2.45, 2.75) is 44.3 Å². The highest BCUT2D eigenvalue weighted by Gasteiger charge is 2.24. The Kier molecular flexibility index (Phi) is 9.59. The highest BCUT2D eigenvalue weighted by Crippen LogP contribution is 2.29. The van der Waals surface area contributed by atoms with Crippen molar-refractivity contribution in [3.63, 3.8) is 0 Å². The maximum absolute atomic E-state index is 13.3. The lowest BCUT2D eigenvalue weighted by atomic mass is 10.0. The number of carbonyl (C=O) groups is 2. The molecule has 0 bridgehead atoms. The van der Waals surface area contributed by atoms with E-state index in [-0.39, 0.29) is 24.1 Å². The number of benzene rings is 3. The Labute approximate surface area is 249 Å². The molecule has 41 heavy (non-hydrogen) atoms. The zero-order chi connectivity index (χ0) is 28.6. The smallest absolute Gasteiger partial charge is 0.251 e. The van der Waals surface area contributed by atoms with E-state index in [0.29, 0.717) is 34.7 Å². The van der Waals surface area contributed by atoms with Crippen LogP contribution in [0, 0.1) is 0 Å². The molecule has 0 radical (unpaired) electrons. The third-order valence-electron chi connectivity index (χ3n) is 6.79. The molecule has 0 unspecified atom stereocenters. The molecule has 4 aromatic rings. The van der Waals surface area contributed by atoms with Crippen molar-refractivity contribution in [2.24, 2.45) is 0 Å². The van der Waals surface area contributed by atoms with Crippen molar-refractivity contribution in [3.05, 3.63) is 94.8 Å². The first-order valence-electron chi connectivity index (χ1n) is 13.8. The Morgan fingerprint density at radius 1 is 1.05 bits per heavy atom. The summed E-state index contributed by atoms with van der Waals surface area (Å²) in [4.78, 5) is 28.0. The number of fused-ring (bicyclic) bond motifs is 1. The van der Waals surface area contributed by atoms with Gasteiger partial charge in [-0.1, -0.05) is 61.0 Å². The third-order valence-corrected chi connectivity index (χ3v) is 7.94. The average molecular weight is 590 g/mol. The molecule has 2 amide bonds. The highest BCUT2D eigenvalue weighted by molar-refractivity contribution is 7.99. The van der Waals surface area contributed by atoms with Gasteiger partial charge in [0.1, 0.15) is 5.75 Å². The number of para-hydroxylation sites is 1. The molecule has 0 spiro atoms. The van der Waals surface area contributed by atoms with Crippen LogP contribution in [0.15, 0.2) is 78.0 Å². The van der Waals surface area contributed by atoms with Crippen molar-refractivity contribution in [1.82, 2.24) is 20.1 Å². The first-order valence-corrected chi connectivity index (χ1v) is 15.1. The van der Waals surface area contributed by atoms with Crippen molar-refractivity contribution >= 4 is 40.9 Å². The molecule has 1 aliphatic heterocycles. The van der Waals surface area contributed by atoms with Crippen LogP contribution in [0.2, 0.25) is 5.02 Å². The number of amides is 2. The topological polar surface area (TPSA) is 89.3 Å². The molecule has 1 aromatic heterocycles. The quantitative estimate of drug-likeness (QED) is 0.168. The van der Waals surface area contributed by atoms with Gasteiger partial charge in [0.15, 0.2) is 11.0 Å². The third kappa shape index (κ3) is 7.10. The van der Waals surface area contributed by atoms with Crippen LogP contribution in [0.3, 0.4) is 0 Å². The van der Waals surface area contributed by atoms with E-state index in [1.807, 2.05) is 39.8 Å². The first-order chi connectivity index (χ1) is 20.0. The monoisotopic (exact) mass is 589 g/mol. The molecule has 10 heteroatoms. The number of carbonyl (C=O) groups excluding carboxylic acids is 2. The fraction of sp³-hybridized carbons (Fsp3) is 0.290. The van der Waals surface area contributed by atoms with Gasteiger partial charge in [0.25, 0.3) is 5.91 Å². The maximum Gasteiger partial charge on any atom is 0.251 e. The molecular formula is C31H32ClN5O3S. The van der Waals surface area contributed by atoms with Crippen LogP contribution < -0.4 is 15.0 Å².